The standard InChI is InChI=1S/C15H13BrN2O3S/c1-21-11-4-2-3-10(9-11)5-8-14(19)17-18-15(20)12-6-7-13(16)22-12/h2-9H,1H3,(H,17,19)(H,18,20)/b8-5+. The number of halogens is 1. The Kier molecular flexibility index (Phi) is 5.74. The highest BCUT2D eigenvalue weighted by molar-refractivity contribution is 9.11. The predicted octanol–water partition coefficient (Wildman–Crippen LogP) is 2.99. The van der Waals surface area contributed by atoms with Gasteiger partial charge in [0.1, 0.15) is 5.75 Å². The minimum Gasteiger partial charge on any atom is -0.497 e. The molecule has 0 aliphatic carbocycles. The van der Waals surface area contributed by atoms with E-state index in [4.69, 9.17) is 4.74 Å². The van der Waals surface area contributed by atoms with E-state index in [1.807, 2.05) is 18.2 Å². The molecule has 114 valence electrons. The number of hydrazine groups is 1. The SMILES string of the molecule is COc1cccc(/C=C/C(=O)NNC(=O)c2ccc(Br)s2)c1. The molecule has 1 heterocycles. The number of amides is 2. The second-order valence-corrected chi connectivity index (χ2v) is 6.62. The van der Waals surface area contributed by atoms with E-state index in [2.05, 4.69) is 26.8 Å². The summed E-state index contributed by atoms with van der Waals surface area (Å²) in [7, 11) is 1.58. The highest BCUT2D eigenvalue weighted by Crippen LogP contribution is 2.21. The Morgan fingerprint density at radius 1 is 1.23 bits per heavy atom. The van der Waals surface area contributed by atoms with Crippen molar-refractivity contribution < 1.29 is 14.3 Å². The van der Waals surface area contributed by atoms with Crippen molar-refractivity contribution in [3.05, 3.63) is 56.7 Å². The highest BCUT2D eigenvalue weighted by Gasteiger charge is 2.08. The molecule has 0 radical (unpaired) electrons. The van der Waals surface area contributed by atoms with Crippen LogP contribution in [0.3, 0.4) is 0 Å². The molecule has 0 saturated heterocycles. The largest absolute Gasteiger partial charge is 0.497 e. The van der Waals surface area contributed by atoms with Gasteiger partial charge in [0.05, 0.1) is 15.8 Å². The van der Waals surface area contributed by atoms with Crippen molar-refractivity contribution in [2.45, 2.75) is 0 Å². The fourth-order valence-corrected chi connectivity index (χ4v) is 2.86. The van der Waals surface area contributed by atoms with E-state index in [1.54, 1.807) is 31.4 Å². The maximum atomic E-state index is 11.7. The molecule has 2 amide bonds. The number of rotatable bonds is 4. The van der Waals surface area contributed by atoms with Crippen LogP contribution in [-0.4, -0.2) is 18.9 Å². The minimum absolute atomic E-state index is 0.362. The maximum absolute atomic E-state index is 11.7. The Bertz CT molecular complexity index is 712. The number of hydrogen-bond acceptors (Lipinski definition) is 4. The van der Waals surface area contributed by atoms with E-state index in [0.717, 1.165) is 9.35 Å². The van der Waals surface area contributed by atoms with Crippen molar-refractivity contribution in [1.29, 1.82) is 0 Å². The molecule has 2 aromatic rings. The fourth-order valence-electron chi connectivity index (χ4n) is 1.58. The van der Waals surface area contributed by atoms with Crippen molar-refractivity contribution in [1.82, 2.24) is 10.9 Å². The average molecular weight is 381 g/mol. The first-order valence-corrected chi connectivity index (χ1v) is 7.87. The summed E-state index contributed by atoms with van der Waals surface area (Å²) < 4.78 is 5.95. The van der Waals surface area contributed by atoms with Crippen molar-refractivity contribution in [3.63, 3.8) is 0 Å². The third-order valence-electron chi connectivity index (χ3n) is 2.62. The second-order valence-electron chi connectivity index (χ2n) is 4.16. The topological polar surface area (TPSA) is 67.4 Å². The van der Waals surface area contributed by atoms with E-state index in [0.29, 0.717) is 10.6 Å². The fraction of sp³-hybridized carbons (Fsp3) is 0.0667. The Labute approximate surface area is 140 Å². The molecule has 2 N–H and O–H groups in total. The summed E-state index contributed by atoms with van der Waals surface area (Å²) in [4.78, 5) is 23.9. The first-order valence-electron chi connectivity index (χ1n) is 6.26. The van der Waals surface area contributed by atoms with Gasteiger partial charge in [-0.25, -0.2) is 0 Å². The molecular formula is C15H13BrN2O3S. The Morgan fingerprint density at radius 2 is 2.05 bits per heavy atom. The van der Waals surface area contributed by atoms with Gasteiger partial charge in [0.2, 0.25) is 0 Å². The molecule has 0 fully saturated rings. The van der Waals surface area contributed by atoms with Crippen molar-refractivity contribution in [2.24, 2.45) is 0 Å². The van der Waals surface area contributed by atoms with Crippen LogP contribution in [0.15, 0.2) is 46.3 Å². The lowest BCUT2D eigenvalue weighted by molar-refractivity contribution is -0.117. The third-order valence-corrected chi connectivity index (χ3v) is 4.24. The number of methoxy groups -OCH3 is 1. The van der Waals surface area contributed by atoms with Gasteiger partial charge in [0.15, 0.2) is 0 Å². The molecule has 0 aliphatic rings. The molecule has 0 spiro atoms. The van der Waals surface area contributed by atoms with Crippen molar-refractivity contribution in [3.8, 4) is 5.75 Å². The van der Waals surface area contributed by atoms with E-state index in [9.17, 15) is 9.59 Å². The molecule has 1 aromatic heterocycles. The second kappa shape index (κ2) is 7.77. The molecule has 0 unspecified atom stereocenters. The van der Waals surface area contributed by atoms with Crippen LogP contribution in [0.4, 0.5) is 0 Å². The van der Waals surface area contributed by atoms with Crippen LogP contribution >= 0.6 is 27.3 Å². The van der Waals surface area contributed by atoms with Crippen LogP contribution in [0.25, 0.3) is 6.08 Å². The molecule has 7 heteroatoms. The summed E-state index contributed by atoms with van der Waals surface area (Å²) in [6.07, 6.45) is 2.96. The summed E-state index contributed by atoms with van der Waals surface area (Å²) in [5.74, 6) is -0.0789. The molecule has 1 aromatic carbocycles. The van der Waals surface area contributed by atoms with Gasteiger partial charge in [0.25, 0.3) is 11.8 Å². The first kappa shape index (κ1) is 16.3. The zero-order valence-electron chi connectivity index (χ0n) is 11.6. The number of carbonyl (C=O) groups is 2. The number of nitrogens with one attached hydrogen (secondary N) is 2. The lowest BCUT2D eigenvalue weighted by Gasteiger charge is -2.03. The molecule has 22 heavy (non-hydrogen) atoms. The molecular weight excluding hydrogens is 368 g/mol. The summed E-state index contributed by atoms with van der Waals surface area (Å²) in [5, 5.41) is 0. The third kappa shape index (κ3) is 4.71. The summed E-state index contributed by atoms with van der Waals surface area (Å²) in [6.45, 7) is 0. The lowest BCUT2D eigenvalue weighted by Crippen LogP contribution is -2.40. The van der Waals surface area contributed by atoms with Gasteiger partial charge in [-0.2, -0.15) is 0 Å². The Morgan fingerprint density at radius 3 is 2.73 bits per heavy atom. The van der Waals surface area contributed by atoms with Crippen molar-refractivity contribution in [2.75, 3.05) is 7.11 Å². The van der Waals surface area contributed by atoms with Gasteiger partial charge < -0.3 is 4.74 Å². The Balaban J connectivity index is 1.87. The van der Waals surface area contributed by atoms with Gasteiger partial charge in [-0.15, -0.1) is 11.3 Å². The van der Waals surface area contributed by atoms with Crippen LogP contribution < -0.4 is 15.6 Å². The molecule has 2 rings (SSSR count). The molecule has 0 aliphatic heterocycles. The van der Waals surface area contributed by atoms with Crippen LogP contribution in [0, 0.1) is 0 Å². The van der Waals surface area contributed by atoms with E-state index in [-0.39, 0.29) is 5.91 Å². The summed E-state index contributed by atoms with van der Waals surface area (Å²) in [6, 6.07) is 10.7. The van der Waals surface area contributed by atoms with Gasteiger partial charge in [-0.1, -0.05) is 12.1 Å². The van der Waals surface area contributed by atoms with Crippen LogP contribution in [-0.2, 0) is 4.79 Å². The van der Waals surface area contributed by atoms with Gasteiger partial charge in [-0.3, -0.25) is 20.4 Å². The van der Waals surface area contributed by atoms with Crippen LogP contribution in [0.1, 0.15) is 15.2 Å². The molecule has 0 saturated carbocycles. The van der Waals surface area contributed by atoms with Gasteiger partial charge in [0, 0.05) is 6.08 Å². The quantitative estimate of drug-likeness (QED) is 0.632. The average Bonchev–Trinajstić information content (AvgIpc) is 2.97. The summed E-state index contributed by atoms with van der Waals surface area (Å²) in [5.41, 5.74) is 5.49. The number of hydrogen-bond donors (Lipinski definition) is 2. The normalized spacial score (nSPS) is 10.5. The number of ether oxygens (including phenoxy) is 1. The number of carbonyl (C=O) groups excluding carboxylic acids is 2. The van der Waals surface area contributed by atoms with E-state index in [1.165, 1.54) is 17.4 Å². The van der Waals surface area contributed by atoms with Crippen LogP contribution in [0.2, 0.25) is 0 Å². The highest BCUT2D eigenvalue weighted by atomic mass is 79.9. The molecule has 0 bridgehead atoms. The van der Waals surface area contributed by atoms with Gasteiger partial charge >= 0.3 is 0 Å². The van der Waals surface area contributed by atoms with Crippen molar-refractivity contribution >= 4 is 45.2 Å². The van der Waals surface area contributed by atoms with Gasteiger partial charge in [-0.05, 0) is 51.8 Å². The predicted molar refractivity (Wildman–Crippen MR) is 89.7 cm³/mol. The molecule has 0 atom stereocenters. The van der Waals surface area contributed by atoms with Crippen LogP contribution in [0.5, 0.6) is 5.75 Å². The molecule has 5 nitrogen and oxygen atoms in total. The monoisotopic (exact) mass is 380 g/mol. The maximum Gasteiger partial charge on any atom is 0.279 e. The van der Waals surface area contributed by atoms with E-state index >= 15 is 0 Å². The zero-order chi connectivity index (χ0) is 15.9. The van der Waals surface area contributed by atoms with E-state index < -0.39 is 5.91 Å². The zero-order valence-corrected chi connectivity index (χ0v) is 14.0. The number of thiophene rings is 1. The Hall–Kier alpha value is -2.12. The minimum atomic E-state index is -0.424. The number of benzene rings is 1. The first-order chi connectivity index (χ1) is 10.6. The lowest BCUT2D eigenvalue weighted by atomic mass is 10.2. The summed E-state index contributed by atoms with van der Waals surface area (Å²) >= 11 is 4.56. The smallest absolute Gasteiger partial charge is 0.279 e.